The van der Waals surface area contributed by atoms with E-state index in [2.05, 4.69) is 9.97 Å². The molecule has 0 atom stereocenters. The highest BCUT2D eigenvalue weighted by Crippen LogP contribution is 2.37. The van der Waals surface area contributed by atoms with Crippen molar-refractivity contribution in [2.75, 3.05) is 5.73 Å². The van der Waals surface area contributed by atoms with Crippen molar-refractivity contribution in [2.45, 2.75) is 38.9 Å². The molecule has 0 unspecified atom stereocenters. The monoisotopic (exact) mass is 297 g/mol. The number of rotatable bonds is 2. The van der Waals surface area contributed by atoms with Crippen LogP contribution in [0.15, 0.2) is 36.5 Å². The highest BCUT2D eigenvalue weighted by Gasteiger charge is 2.52. The van der Waals surface area contributed by atoms with Gasteiger partial charge in [-0.3, -0.25) is 0 Å². The average Bonchev–Trinajstić information content (AvgIpc) is 2.68. The lowest BCUT2D eigenvalue weighted by atomic mass is 9.77. The van der Waals surface area contributed by atoms with Crippen LogP contribution in [-0.4, -0.2) is 28.3 Å². The fraction of sp³-hybridized carbons (Fsp3) is 0.375. The maximum Gasteiger partial charge on any atom is 0.498 e. The molecule has 1 aliphatic rings. The Morgan fingerprint density at radius 2 is 1.59 bits per heavy atom. The highest BCUT2D eigenvalue weighted by atomic mass is 16.7. The van der Waals surface area contributed by atoms with Crippen LogP contribution in [0.1, 0.15) is 27.7 Å². The normalized spacial score (nSPS) is 19.4. The molecule has 0 saturated carbocycles. The van der Waals surface area contributed by atoms with Crippen molar-refractivity contribution in [1.29, 1.82) is 0 Å². The molecule has 1 aliphatic heterocycles. The second kappa shape index (κ2) is 5.07. The van der Waals surface area contributed by atoms with Crippen LogP contribution in [-0.2, 0) is 9.31 Å². The van der Waals surface area contributed by atoms with Gasteiger partial charge in [0.1, 0.15) is 0 Å². The van der Waals surface area contributed by atoms with Crippen LogP contribution in [0.3, 0.4) is 0 Å². The molecule has 5 nitrogen and oxygen atoms in total. The van der Waals surface area contributed by atoms with E-state index in [-0.39, 0.29) is 5.95 Å². The Bertz CT molecular complexity index is 673. The molecule has 0 amide bonds. The minimum atomic E-state index is -0.513. The third kappa shape index (κ3) is 2.49. The smallest absolute Gasteiger partial charge is 0.399 e. The highest BCUT2D eigenvalue weighted by molar-refractivity contribution is 6.63. The first-order valence-electron chi connectivity index (χ1n) is 7.34. The van der Waals surface area contributed by atoms with Crippen molar-refractivity contribution in [3.63, 3.8) is 0 Å². The Balaban J connectivity index is 2.06. The van der Waals surface area contributed by atoms with E-state index in [0.29, 0.717) is 0 Å². The van der Waals surface area contributed by atoms with Gasteiger partial charge in [-0.05, 0) is 33.3 Å². The quantitative estimate of drug-likeness (QED) is 0.859. The number of nitrogens with zero attached hydrogens (tertiary/aromatic N) is 2. The van der Waals surface area contributed by atoms with Gasteiger partial charge in [-0.15, -0.1) is 0 Å². The molecule has 1 aromatic carbocycles. The molecule has 22 heavy (non-hydrogen) atoms. The lowest BCUT2D eigenvalue weighted by Crippen LogP contribution is -2.41. The van der Waals surface area contributed by atoms with Crippen LogP contribution < -0.4 is 11.2 Å². The summed E-state index contributed by atoms with van der Waals surface area (Å²) in [4.78, 5) is 8.50. The lowest BCUT2D eigenvalue weighted by Gasteiger charge is -2.32. The number of aromatic nitrogens is 2. The van der Waals surface area contributed by atoms with Crippen molar-refractivity contribution in [2.24, 2.45) is 0 Å². The molecule has 3 rings (SSSR count). The van der Waals surface area contributed by atoms with E-state index in [1.54, 1.807) is 6.20 Å². The molecule has 0 spiro atoms. The third-order valence-corrected chi connectivity index (χ3v) is 4.39. The Morgan fingerprint density at radius 1 is 1.00 bits per heavy atom. The minimum Gasteiger partial charge on any atom is -0.399 e. The topological polar surface area (TPSA) is 70.3 Å². The van der Waals surface area contributed by atoms with E-state index in [4.69, 9.17) is 15.0 Å². The van der Waals surface area contributed by atoms with E-state index in [9.17, 15) is 0 Å². The maximum atomic E-state index is 6.11. The van der Waals surface area contributed by atoms with Gasteiger partial charge in [0.05, 0.1) is 16.9 Å². The fourth-order valence-corrected chi connectivity index (χ4v) is 2.37. The first kappa shape index (κ1) is 15.0. The Labute approximate surface area is 131 Å². The molecule has 114 valence electrons. The predicted octanol–water partition coefficient (Wildman–Crippen LogP) is 2.02. The molecular formula is C16H20BN3O2. The average molecular weight is 297 g/mol. The van der Waals surface area contributed by atoms with Gasteiger partial charge < -0.3 is 15.0 Å². The molecule has 2 N–H and O–H groups in total. The summed E-state index contributed by atoms with van der Waals surface area (Å²) in [7, 11) is -0.513. The molecule has 2 heterocycles. The van der Waals surface area contributed by atoms with Gasteiger partial charge in [-0.25, -0.2) is 9.97 Å². The van der Waals surface area contributed by atoms with Gasteiger partial charge in [0.25, 0.3) is 0 Å². The second-order valence-electron chi connectivity index (χ2n) is 6.49. The molecule has 1 saturated heterocycles. The van der Waals surface area contributed by atoms with Crippen molar-refractivity contribution in [3.05, 3.63) is 36.5 Å². The van der Waals surface area contributed by atoms with Crippen LogP contribution in [0.4, 0.5) is 5.95 Å². The van der Waals surface area contributed by atoms with Crippen LogP contribution in [0.25, 0.3) is 11.3 Å². The Kier molecular flexibility index (Phi) is 3.46. The minimum absolute atomic E-state index is 0.235. The van der Waals surface area contributed by atoms with E-state index < -0.39 is 18.3 Å². The predicted molar refractivity (Wildman–Crippen MR) is 87.6 cm³/mol. The Morgan fingerprint density at radius 3 is 2.18 bits per heavy atom. The van der Waals surface area contributed by atoms with Crippen LogP contribution in [0, 0.1) is 0 Å². The number of nitrogens with two attached hydrogens (primary N) is 1. The standard InChI is InChI=1S/C16H20BN3O2/c1-15(2)16(3,4)22-17(21-15)12-10-19-14(18)20-13(12)11-8-6-5-7-9-11/h5-10H,1-4H3,(H2,18,19,20). The van der Waals surface area contributed by atoms with Gasteiger partial charge in [0.2, 0.25) is 5.95 Å². The summed E-state index contributed by atoms with van der Waals surface area (Å²) >= 11 is 0. The zero-order valence-corrected chi connectivity index (χ0v) is 13.3. The molecule has 2 aromatic rings. The Hall–Kier alpha value is -1.92. The molecule has 1 fully saturated rings. The summed E-state index contributed by atoms with van der Waals surface area (Å²) in [5, 5.41) is 0. The SMILES string of the molecule is CC1(C)OB(c2cnc(N)nc2-c2ccccc2)OC1(C)C. The molecular weight excluding hydrogens is 277 g/mol. The van der Waals surface area contributed by atoms with Crippen LogP contribution in [0.5, 0.6) is 0 Å². The number of hydrogen-bond acceptors (Lipinski definition) is 5. The van der Waals surface area contributed by atoms with Gasteiger partial charge in [0.15, 0.2) is 0 Å². The van der Waals surface area contributed by atoms with Crippen LogP contribution >= 0.6 is 0 Å². The summed E-state index contributed by atoms with van der Waals surface area (Å²) in [5.41, 5.74) is 7.44. The number of hydrogen-bond donors (Lipinski definition) is 1. The van der Waals surface area contributed by atoms with E-state index >= 15 is 0 Å². The summed E-state index contributed by atoms with van der Waals surface area (Å²) in [5.74, 6) is 0.235. The number of anilines is 1. The third-order valence-electron chi connectivity index (χ3n) is 4.39. The summed E-state index contributed by atoms with van der Waals surface area (Å²) in [6.45, 7) is 8.08. The molecule has 0 aliphatic carbocycles. The van der Waals surface area contributed by atoms with Gasteiger partial charge in [-0.1, -0.05) is 30.3 Å². The van der Waals surface area contributed by atoms with Crippen molar-refractivity contribution in [1.82, 2.24) is 9.97 Å². The number of nitrogen functional groups attached to an aromatic ring is 1. The van der Waals surface area contributed by atoms with E-state index in [1.165, 1.54) is 0 Å². The first-order valence-corrected chi connectivity index (χ1v) is 7.34. The molecule has 0 bridgehead atoms. The van der Waals surface area contributed by atoms with Gasteiger partial charge >= 0.3 is 7.12 Å². The van der Waals surface area contributed by atoms with Crippen molar-refractivity contribution >= 4 is 18.5 Å². The summed E-state index contributed by atoms with van der Waals surface area (Å²) in [6, 6.07) is 9.85. The first-order chi connectivity index (χ1) is 10.3. The maximum absolute atomic E-state index is 6.11. The fourth-order valence-electron chi connectivity index (χ4n) is 2.37. The summed E-state index contributed by atoms with van der Waals surface area (Å²) < 4.78 is 12.2. The largest absolute Gasteiger partial charge is 0.498 e. The van der Waals surface area contributed by atoms with Crippen molar-refractivity contribution in [3.8, 4) is 11.3 Å². The summed E-state index contributed by atoms with van der Waals surface area (Å²) in [6.07, 6.45) is 1.69. The second-order valence-corrected chi connectivity index (χ2v) is 6.49. The van der Waals surface area contributed by atoms with Crippen molar-refractivity contribution < 1.29 is 9.31 Å². The molecule has 0 radical (unpaired) electrons. The number of benzene rings is 1. The van der Waals surface area contributed by atoms with E-state index in [1.807, 2.05) is 58.0 Å². The molecule has 6 heteroatoms. The zero-order chi connectivity index (χ0) is 16.0. The van der Waals surface area contributed by atoms with Gasteiger partial charge in [-0.2, -0.15) is 0 Å². The van der Waals surface area contributed by atoms with E-state index in [0.717, 1.165) is 16.7 Å². The van der Waals surface area contributed by atoms with Gasteiger partial charge in [0, 0.05) is 11.7 Å². The zero-order valence-electron chi connectivity index (χ0n) is 13.3. The molecule has 1 aromatic heterocycles. The lowest BCUT2D eigenvalue weighted by molar-refractivity contribution is 0.00578. The van der Waals surface area contributed by atoms with Crippen LogP contribution in [0.2, 0.25) is 0 Å².